The average Bonchev–Trinajstić information content (AvgIpc) is 2.74. The minimum absolute atomic E-state index is 0.120. The van der Waals surface area contributed by atoms with E-state index in [9.17, 15) is 4.79 Å². The molecule has 0 fully saturated rings. The van der Waals surface area contributed by atoms with E-state index in [0.29, 0.717) is 6.42 Å². The fourth-order valence-electron chi connectivity index (χ4n) is 1.77. The molecule has 0 amide bonds. The summed E-state index contributed by atoms with van der Waals surface area (Å²) in [4.78, 5) is 12.7. The Labute approximate surface area is 102 Å². The van der Waals surface area contributed by atoms with Gasteiger partial charge in [-0.1, -0.05) is 13.8 Å². The summed E-state index contributed by atoms with van der Waals surface area (Å²) in [6.07, 6.45) is 2.73. The minimum atomic E-state index is -0.790. The number of carboxylic acids is 1. The Hall–Kier alpha value is -1.45. The molecule has 0 unspecified atom stereocenters. The van der Waals surface area contributed by atoms with E-state index >= 15 is 0 Å². The predicted molar refractivity (Wildman–Crippen MR) is 67.5 cm³/mol. The van der Waals surface area contributed by atoms with Gasteiger partial charge < -0.3 is 14.4 Å². The van der Waals surface area contributed by atoms with Gasteiger partial charge in [0.1, 0.15) is 5.76 Å². The number of hydrogen-bond acceptors (Lipinski definition) is 3. The van der Waals surface area contributed by atoms with Crippen LogP contribution in [0.4, 0.5) is 5.88 Å². The molecule has 0 spiro atoms. The second kappa shape index (κ2) is 6.99. The Kier molecular flexibility index (Phi) is 5.60. The predicted octanol–water partition coefficient (Wildman–Crippen LogP) is 2.92. The van der Waals surface area contributed by atoms with Crippen LogP contribution in [0.1, 0.15) is 38.9 Å². The molecule has 1 aromatic rings. The molecule has 1 heterocycles. The monoisotopic (exact) mass is 239 g/mol. The van der Waals surface area contributed by atoms with Gasteiger partial charge in [0, 0.05) is 25.6 Å². The van der Waals surface area contributed by atoms with Crippen molar-refractivity contribution in [2.45, 2.75) is 39.5 Å². The van der Waals surface area contributed by atoms with E-state index in [1.807, 2.05) is 12.1 Å². The van der Waals surface area contributed by atoms with Crippen LogP contribution >= 0.6 is 0 Å². The van der Waals surface area contributed by atoms with Crippen LogP contribution < -0.4 is 4.90 Å². The van der Waals surface area contributed by atoms with Gasteiger partial charge in [-0.05, 0) is 18.9 Å². The second-order valence-electron chi connectivity index (χ2n) is 4.12. The van der Waals surface area contributed by atoms with Gasteiger partial charge in [-0.2, -0.15) is 0 Å². The van der Waals surface area contributed by atoms with E-state index in [4.69, 9.17) is 9.52 Å². The Morgan fingerprint density at radius 3 is 2.47 bits per heavy atom. The largest absolute Gasteiger partial charge is 0.481 e. The number of anilines is 1. The lowest BCUT2D eigenvalue weighted by atomic mass is 10.2. The summed E-state index contributed by atoms with van der Waals surface area (Å²) >= 11 is 0. The van der Waals surface area contributed by atoms with Gasteiger partial charge in [0.25, 0.3) is 0 Å². The molecular weight excluding hydrogens is 218 g/mol. The summed E-state index contributed by atoms with van der Waals surface area (Å²) < 4.78 is 5.66. The molecule has 0 radical (unpaired) electrons. The highest BCUT2D eigenvalue weighted by molar-refractivity contribution is 5.66. The number of furan rings is 1. The van der Waals surface area contributed by atoms with E-state index in [2.05, 4.69) is 18.7 Å². The van der Waals surface area contributed by atoms with Gasteiger partial charge in [0.2, 0.25) is 0 Å². The van der Waals surface area contributed by atoms with E-state index in [-0.39, 0.29) is 6.42 Å². The first kappa shape index (κ1) is 13.6. The SMILES string of the molecule is CCCN(CCC)c1ccc(CCC(=O)O)o1. The summed E-state index contributed by atoms with van der Waals surface area (Å²) in [6.45, 7) is 6.22. The maximum Gasteiger partial charge on any atom is 0.303 e. The molecule has 4 nitrogen and oxygen atoms in total. The maximum atomic E-state index is 10.5. The molecule has 1 aromatic heterocycles. The van der Waals surface area contributed by atoms with E-state index in [1.165, 1.54) is 0 Å². The van der Waals surface area contributed by atoms with Crippen molar-refractivity contribution in [1.82, 2.24) is 0 Å². The van der Waals surface area contributed by atoms with Crippen molar-refractivity contribution in [3.8, 4) is 0 Å². The standard InChI is InChI=1S/C13H21NO3/c1-3-9-14(10-4-2)12-7-5-11(17-12)6-8-13(15)16/h5,7H,3-4,6,8-10H2,1-2H3,(H,15,16). The van der Waals surface area contributed by atoms with Gasteiger partial charge in [-0.25, -0.2) is 0 Å². The molecule has 0 bridgehead atoms. The zero-order valence-electron chi connectivity index (χ0n) is 10.6. The van der Waals surface area contributed by atoms with Crippen molar-refractivity contribution in [3.63, 3.8) is 0 Å². The van der Waals surface area contributed by atoms with E-state index < -0.39 is 5.97 Å². The van der Waals surface area contributed by atoms with Crippen molar-refractivity contribution in [2.24, 2.45) is 0 Å². The molecule has 96 valence electrons. The normalized spacial score (nSPS) is 10.5. The summed E-state index contributed by atoms with van der Waals surface area (Å²) in [5.41, 5.74) is 0. The van der Waals surface area contributed by atoms with Gasteiger partial charge in [0.05, 0.1) is 6.42 Å². The molecule has 17 heavy (non-hydrogen) atoms. The first-order valence-electron chi connectivity index (χ1n) is 6.22. The third-order valence-corrected chi connectivity index (χ3v) is 2.53. The summed E-state index contributed by atoms with van der Waals surface area (Å²) in [5.74, 6) is 0.815. The van der Waals surface area contributed by atoms with Crippen molar-refractivity contribution >= 4 is 11.9 Å². The van der Waals surface area contributed by atoms with Crippen LogP contribution in [0.25, 0.3) is 0 Å². The molecule has 1 rings (SSSR count). The molecule has 0 saturated heterocycles. The van der Waals surface area contributed by atoms with E-state index in [0.717, 1.165) is 37.6 Å². The molecule has 0 aliphatic heterocycles. The molecule has 0 aliphatic carbocycles. The lowest BCUT2D eigenvalue weighted by Gasteiger charge is -2.20. The van der Waals surface area contributed by atoms with Crippen LogP contribution in [0.15, 0.2) is 16.5 Å². The first-order chi connectivity index (χ1) is 8.17. The Balaban J connectivity index is 2.60. The second-order valence-corrected chi connectivity index (χ2v) is 4.12. The smallest absolute Gasteiger partial charge is 0.303 e. The number of carbonyl (C=O) groups is 1. The number of rotatable bonds is 8. The van der Waals surface area contributed by atoms with Crippen LogP contribution in [-0.2, 0) is 11.2 Å². The summed E-state index contributed by atoms with van der Waals surface area (Å²) in [7, 11) is 0. The van der Waals surface area contributed by atoms with E-state index in [1.54, 1.807) is 0 Å². The summed E-state index contributed by atoms with van der Waals surface area (Å²) in [6, 6.07) is 3.80. The van der Waals surface area contributed by atoms with Gasteiger partial charge in [-0.15, -0.1) is 0 Å². The molecule has 0 atom stereocenters. The topological polar surface area (TPSA) is 53.7 Å². The molecule has 0 aliphatic rings. The quantitative estimate of drug-likeness (QED) is 0.757. The number of nitrogens with zero attached hydrogens (tertiary/aromatic N) is 1. The van der Waals surface area contributed by atoms with Crippen molar-refractivity contribution in [1.29, 1.82) is 0 Å². The lowest BCUT2D eigenvalue weighted by Crippen LogP contribution is -2.24. The van der Waals surface area contributed by atoms with Crippen LogP contribution in [0, 0.1) is 0 Å². The third kappa shape index (κ3) is 4.51. The lowest BCUT2D eigenvalue weighted by molar-refractivity contribution is -0.137. The van der Waals surface area contributed by atoms with Gasteiger partial charge >= 0.3 is 5.97 Å². The molecular formula is C13H21NO3. The van der Waals surface area contributed by atoms with Crippen LogP contribution in [0.5, 0.6) is 0 Å². The van der Waals surface area contributed by atoms with Crippen LogP contribution in [0.2, 0.25) is 0 Å². The molecule has 0 saturated carbocycles. The highest BCUT2D eigenvalue weighted by Gasteiger charge is 2.10. The first-order valence-corrected chi connectivity index (χ1v) is 6.22. The Morgan fingerprint density at radius 1 is 1.29 bits per heavy atom. The zero-order valence-corrected chi connectivity index (χ0v) is 10.6. The number of aryl methyl sites for hydroxylation is 1. The van der Waals surface area contributed by atoms with Crippen LogP contribution in [-0.4, -0.2) is 24.2 Å². The number of hydrogen-bond donors (Lipinski definition) is 1. The maximum absolute atomic E-state index is 10.5. The average molecular weight is 239 g/mol. The highest BCUT2D eigenvalue weighted by atomic mass is 16.4. The molecule has 4 heteroatoms. The Bertz CT molecular complexity index is 340. The van der Waals surface area contributed by atoms with Crippen LogP contribution in [0.3, 0.4) is 0 Å². The van der Waals surface area contributed by atoms with Crippen molar-refractivity contribution < 1.29 is 14.3 Å². The fourth-order valence-corrected chi connectivity index (χ4v) is 1.77. The Morgan fingerprint density at radius 2 is 1.94 bits per heavy atom. The van der Waals surface area contributed by atoms with Crippen molar-refractivity contribution in [2.75, 3.05) is 18.0 Å². The molecule has 1 N–H and O–H groups in total. The minimum Gasteiger partial charge on any atom is -0.481 e. The third-order valence-electron chi connectivity index (χ3n) is 2.53. The number of carboxylic acid groups (broad SMARTS) is 1. The van der Waals surface area contributed by atoms with Crippen molar-refractivity contribution in [3.05, 3.63) is 17.9 Å². The highest BCUT2D eigenvalue weighted by Crippen LogP contribution is 2.20. The zero-order chi connectivity index (χ0) is 12.7. The fraction of sp³-hybridized carbons (Fsp3) is 0.615. The number of aliphatic carboxylic acids is 1. The van der Waals surface area contributed by atoms with Gasteiger partial charge in [-0.3, -0.25) is 4.79 Å². The molecule has 0 aromatic carbocycles. The summed E-state index contributed by atoms with van der Waals surface area (Å²) in [5, 5.41) is 8.61. The van der Waals surface area contributed by atoms with Gasteiger partial charge in [0.15, 0.2) is 5.88 Å².